The number of hydrogen-bond acceptors (Lipinski definition) is 5. The lowest BCUT2D eigenvalue weighted by Crippen LogP contribution is -2.44. The van der Waals surface area contributed by atoms with Gasteiger partial charge in [-0.2, -0.15) is 0 Å². The third-order valence-electron chi connectivity index (χ3n) is 15.0. The van der Waals surface area contributed by atoms with E-state index in [-0.39, 0.29) is 6.04 Å². The summed E-state index contributed by atoms with van der Waals surface area (Å²) in [5.41, 5.74) is 0. The van der Waals surface area contributed by atoms with Crippen molar-refractivity contribution in [3.8, 4) is 0 Å². The maximum atomic E-state index is 13.4. The Morgan fingerprint density at radius 2 is 0.582 bits per heavy atom. The Morgan fingerprint density at radius 3 is 0.836 bits per heavy atom. The minimum atomic E-state index is -0.393. The molecule has 1 aliphatic rings. The molecule has 1 aliphatic heterocycles. The molecule has 0 aromatic rings. The van der Waals surface area contributed by atoms with E-state index in [4.69, 9.17) is 4.74 Å². The summed E-state index contributed by atoms with van der Waals surface area (Å²) in [7, 11) is 0. The number of ether oxygens (including phenoxy) is 1. The van der Waals surface area contributed by atoms with E-state index in [0.29, 0.717) is 37.9 Å². The first-order valence-electron chi connectivity index (χ1n) is 30.5. The van der Waals surface area contributed by atoms with Gasteiger partial charge in [0.05, 0.1) is 25.4 Å². The number of carbonyl (C=O) groups is 2. The molecule has 0 aromatic carbocycles. The molecular weight excluding hydrogens is 827 g/mol. The van der Waals surface area contributed by atoms with Crippen LogP contribution in [-0.2, 0) is 14.3 Å². The molecule has 7 heteroatoms. The average Bonchev–Trinajstić information content (AvgIpc) is 3.77. The van der Waals surface area contributed by atoms with Gasteiger partial charge in [0.1, 0.15) is 0 Å². The van der Waals surface area contributed by atoms with Crippen molar-refractivity contribution in [2.75, 3.05) is 52.5 Å². The van der Waals surface area contributed by atoms with Gasteiger partial charge in [0.2, 0.25) is 11.8 Å². The quantitative estimate of drug-likeness (QED) is 0.0615. The fraction of sp³-hybridized carbons (Fsp3) is 0.967. The highest BCUT2D eigenvalue weighted by atomic mass is 16.5. The maximum absolute atomic E-state index is 13.4. The van der Waals surface area contributed by atoms with E-state index in [0.717, 1.165) is 103 Å². The van der Waals surface area contributed by atoms with E-state index >= 15 is 0 Å². The van der Waals surface area contributed by atoms with Crippen molar-refractivity contribution >= 4 is 11.8 Å². The molecule has 2 atom stereocenters. The standard InChI is InChI=1S/C60H119N3O4/c1-5-9-13-17-21-25-33-43-51-62(52-44-34-26-22-18-14-10-6-2)59(65)47-39-31-29-37-41-49-61(57-55-67-56-58(57)64)50-42-38-30-32-40-48-60(66)63(53-45-35-27-23-19-15-11-7-3)54-46-36-28-24-20-16-12-8-4/h57-58,64H,5-56H2,1-4H3/t57-,58+/m1/s1. The summed E-state index contributed by atoms with van der Waals surface area (Å²) in [6.45, 7) is 16.1. The van der Waals surface area contributed by atoms with Crippen LogP contribution in [0.4, 0.5) is 0 Å². The Kier molecular flexibility index (Phi) is 47.4. The van der Waals surface area contributed by atoms with E-state index in [2.05, 4.69) is 42.4 Å². The molecule has 0 unspecified atom stereocenters. The molecule has 398 valence electrons. The molecule has 0 bridgehead atoms. The molecule has 2 amide bonds. The predicted molar refractivity (Wildman–Crippen MR) is 291 cm³/mol. The number of hydrogen-bond donors (Lipinski definition) is 1. The number of rotatable bonds is 53. The summed E-state index contributed by atoms with van der Waals surface area (Å²) in [6, 6.07) is 0.108. The molecule has 0 spiro atoms. The lowest BCUT2D eigenvalue weighted by Gasteiger charge is -2.30. The zero-order valence-corrected chi connectivity index (χ0v) is 45.9. The number of unbranched alkanes of at least 4 members (excludes halogenated alkanes) is 36. The third kappa shape index (κ3) is 39.2. The van der Waals surface area contributed by atoms with Crippen LogP contribution < -0.4 is 0 Å². The predicted octanol–water partition coefficient (Wildman–Crippen LogP) is 16.9. The number of nitrogens with zero attached hydrogens (tertiary/aromatic N) is 3. The fourth-order valence-electron chi connectivity index (χ4n) is 10.4. The Hall–Kier alpha value is -1.18. The molecule has 0 aliphatic carbocycles. The van der Waals surface area contributed by atoms with E-state index in [9.17, 15) is 14.7 Å². The minimum absolute atomic E-state index is 0.108. The normalized spacial score (nSPS) is 15.0. The molecule has 1 heterocycles. The highest BCUT2D eigenvalue weighted by Gasteiger charge is 2.31. The number of aliphatic hydroxyl groups excluding tert-OH is 1. The van der Waals surface area contributed by atoms with E-state index in [1.807, 2.05) is 0 Å². The van der Waals surface area contributed by atoms with Crippen LogP contribution in [0.1, 0.15) is 310 Å². The largest absolute Gasteiger partial charge is 0.389 e. The highest BCUT2D eigenvalue weighted by Crippen LogP contribution is 2.19. The third-order valence-corrected chi connectivity index (χ3v) is 15.0. The van der Waals surface area contributed by atoms with Gasteiger partial charge in [0.25, 0.3) is 0 Å². The summed E-state index contributed by atoms with van der Waals surface area (Å²) < 4.78 is 5.71. The van der Waals surface area contributed by atoms with Crippen LogP contribution in [0, 0.1) is 0 Å². The Morgan fingerprint density at radius 1 is 0.343 bits per heavy atom. The zero-order chi connectivity index (χ0) is 48.5. The summed E-state index contributed by atoms with van der Waals surface area (Å²) in [6.07, 6.45) is 54.2. The van der Waals surface area contributed by atoms with Crippen molar-refractivity contribution in [2.45, 2.75) is 322 Å². The van der Waals surface area contributed by atoms with E-state index in [1.54, 1.807) is 0 Å². The molecule has 1 fully saturated rings. The van der Waals surface area contributed by atoms with Crippen molar-refractivity contribution in [1.29, 1.82) is 0 Å². The first-order valence-corrected chi connectivity index (χ1v) is 30.5. The average molecular weight is 947 g/mol. The van der Waals surface area contributed by atoms with Gasteiger partial charge in [-0.05, 0) is 64.5 Å². The second kappa shape index (κ2) is 49.8. The van der Waals surface area contributed by atoms with Crippen molar-refractivity contribution in [3.63, 3.8) is 0 Å². The van der Waals surface area contributed by atoms with E-state index < -0.39 is 6.10 Å². The lowest BCUT2D eigenvalue weighted by atomic mass is 10.1. The molecule has 0 saturated carbocycles. The molecule has 0 radical (unpaired) electrons. The number of carbonyl (C=O) groups excluding carboxylic acids is 2. The van der Waals surface area contributed by atoms with Crippen LogP contribution in [0.2, 0.25) is 0 Å². The van der Waals surface area contributed by atoms with Crippen LogP contribution >= 0.6 is 0 Å². The zero-order valence-electron chi connectivity index (χ0n) is 45.9. The summed E-state index contributed by atoms with van der Waals surface area (Å²) in [5.74, 6) is 0.785. The van der Waals surface area contributed by atoms with Gasteiger partial charge in [0, 0.05) is 39.0 Å². The monoisotopic (exact) mass is 946 g/mol. The van der Waals surface area contributed by atoms with Crippen molar-refractivity contribution < 1.29 is 19.4 Å². The molecule has 1 rings (SSSR count). The van der Waals surface area contributed by atoms with Crippen molar-refractivity contribution in [1.82, 2.24) is 14.7 Å². The van der Waals surface area contributed by atoms with Gasteiger partial charge in [-0.1, -0.05) is 246 Å². The second-order valence-corrected chi connectivity index (χ2v) is 21.4. The first-order chi connectivity index (χ1) is 33.0. The van der Waals surface area contributed by atoms with Crippen LogP contribution in [0.3, 0.4) is 0 Å². The van der Waals surface area contributed by atoms with E-state index in [1.165, 1.54) is 205 Å². The molecule has 7 nitrogen and oxygen atoms in total. The first kappa shape index (κ1) is 63.8. The highest BCUT2D eigenvalue weighted by molar-refractivity contribution is 5.76. The minimum Gasteiger partial charge on any atom is -0.389 e. The Labute approximate surface area is 419 Å². The molecule has 0 aromatic heterocycles. The van der Waals surface area contributed by atoms with Gasteiger partial charge < -0.3 is 19.6 Å². The maximum Gasteiger partial charge on any atom is 0.222 e. The molecular formula is C60H119N3O4. The SMILES string of the molecule is CCCCCCCCCCN(CCCCCCCCCC)C(=O)CCCCCCCN(CCCCCCCC(=O)N(CCCCCCCCCC)CCCCCCCCCC)[C@@H]1COC[C@@H]1O. The fourth-order valence-corrected chi connectivity index (χ4v) is 10.4. The van der Waals surface area contributed by atoms with Crippen LogP contribution in [0.15, 0.2) is 0 Å². The number of aliphatic hydroxyl groups is 1. The molecule has 67 heavy (non-hydrogen) atoms. The van der Waals surface area contributed by atoms with Crippen LogP contribution in [0.25, 0.3) is 0 Å². The lowest BCUT2D eigenvalue weighted by molar-refractivity contribution is -0.132. The Balaban J connectivity index is 2.41. The number of amides is 2. The molecule has 1 saturated heterocycles. The summed E-state index contributed by atoms with van der Waals surface area (Å²) in [5, 5.41) is 10.7. The van der Waals surface area contributed by atoms with Crippen LogP contribution in [0.5, 0.6) is 0 Å². The topological polar surface area (TPSA) is 73.3 Å². The smallest absolute Gasteiger partial charge is 0.222 e. The van der Waals surface area contributed by atoms with Crippen LogP contribution in [-0.4, -0.2) is 96.2 Å². The van der Waals surface area contributed by atoms with Gasteiger partial charge in [-0.3, -0.25) is 14.5 Å². The van der Waals surface area contributed by atoms with Gasteiger partial charge in [-0.15, -0.1) is 0 Å². The molecule has 1 N–H and O–H groups in total. The summed E-state index contributed by atoms with van der Waals surface area (Å²) >= 11 is 0. The van der Waals surface area contributed by atoms with Gasteiger partial charge >= 0.3 is 0 Å². The van der Waals surface area contributed by atoms with Gasteiger partial charge in [0.15, 0.2) is 0 Å². The van der Waals surface area contributed by atoms with Crippen molar-refractivity contribution in [3.05, 3.63) is 0 Å². The summed E-state index contributed by atoms with van der Waals surface area (Å²) in [4.78, 5) is 33.9. The van der Waals surface area contributed by atoms with Gasteiger partial charge in [-0.25, -0.2) is 0 Å². The Bertz CT molecular complexity index is 933. The van der Waals surface area contributed by atoms with Crippen molar-refractivity contribution in [2.24, 2.45) is 0 Å². The second-order valence-electron chi connectivity index (χ2n) is 21.4.